The Bertz CT molecular complexity index is 422. The number of nitrogens with one attached hydrogen (secondary N) is 2. The Hall–Kier alpha value is -1.61. The maximum Gasteiger partial charge on any atom is 0.0594 e. The average molecular weight is 229 g/mol. The van der Waals surface area contributed by atoms with E-state index in [4.69, 9.17) is 0 Å². The first-order chi connectivity index (χ1) is 8.22. The highest BCUT2D eigenvalue weighted by atomic mass is 14.9. The van der Waals surface area contributed by atoms with E-state index in [2.05, 4.69) is 40.8 Å². The van der Waals surface area contributed by atoms with Crippen molar-refractivity contribution in [3.63, 3.8) is 0 Å². The van der Waals surface area contributed by atoms with Gasteiger partial charge in [-0.1, -0.05) is 18.2 Å². The summed E-state index contributed by atoms with van der Waals surface area (Å²) >= 11 is 0. The molecule has 0 bridgehead atoms. The molecule has 0 spiro atoms. The van der Waals surface area contributed by atoms with Crippen molar-refractivity contribution in [1.82, 2.24) is 15.6 Å². The first kappa shape index (κ1) is 11.9. The molecule has 1 aromatic rings. The van der Waals surface area contributed by atoms with Crippen LogP contribution in [0, 0.1) is 0 Å². The Balaban J connectivity index is 1.89. The predicted molar refractivity (Wildman–Crippen MR) is 70.4 cm³/mol. The second kappa shape index (κ2) is 5.15. The second-order valence-corrected chi connectivity index (χ2v) is 4.54. The zero-order valence-corrected chi connectivity index (χ0v) is 10.4. The van der Waals surface area contributed by atoms with Crippen LogP contribution in [0.3, 0.4) is 0 Å². The van der Waals surface area contributed by atoms with Crippen molar-refractivity contribution < 1.29 is 0 Å². The fourth-order valence-corrected chi connectivity index (χ4v) is 1.74. The fraction of sp³-hybridized carbons (Fsp3) is 0.357. The SMILES string of the molecule is CNC1(C)C=CC(NCc2ccccn2)=CC1. The van der Waals surface area contributed by atoms with Crippen molar-refractivity contribution in [3.05, 3.63) is 54.0 Å². The highest BCUT2D eigenvalue weighted by molar-refractivity contribution is 5.27. The summed E-state index contributed by atoms with van der Waals surface area (Å²) in [5.74, 6) is 0. The first-order valence-corrected chi connectivity index (χ1v) is 5.94. The highest BCUT2D eigenvalue weighted by Gasteiger charge is 2.19. The third-order valence-corrected chi connectivity index (χ3v) is 3.15. The predicted octanol–water partition coefficient (Wildman–Crippen LogP) is 1.99. The molecule has 2 N–H and O–H groups in total. The van der Waals surface area contributed by atoms with Crippen LogP contribution >= 0.6 is 0 Å². The van der Waals surface area contributed by atoms with E-state index in [1.165, 1.54) is 5.70 Å². The molecule has 0 saturated heterocycles. The molecule has 1 aliphatic carbocycles. The van der Waals surface area contributed by atoms with E-state index in [0.717, 1.165) is 18.7 Å². The zero-order valence-electron chi connectivity index (χ0n) is 10.4. The van der Waals surface area contributed by atoms with Crippen LogP contribution in [-0.4, -0.2) is 17.6 Å². The van der Waals surface area contributed by atoms with E-state index in [9.17, 15) is 0 Å². The summed E-state index contributed by atoms with van der Waals surface area (Å²) in [6.45, 7) is 2.96. The van der Waals surface area contributed by atoms with Gasteiger partial charge in [0.1, 0.15) is 0 Å². The molecule has 3 heteroatoms. The molecular weight excluding hydrogens is 210 g/mol. The third-order valence-electron chi connectivity index (χ3n) is 3.15. The Labute approximate surface area is 103 Å². The highest BCUT2D eigenvalue weighted by Crippen LogP contribution is 2.18. The Morgan fingerprint density at radius 1 is 1.41 bits per heavy atom. The molecule has 0 fully saturated rings. The van der Waals surface area contributed by atoms with Crippen LogP contribution in [0.25, 0.3) is 0 Å². The van der Waals surface area contributed by atoms with Gasteiger partial charge in [-0.25, -0.2) is 0 Å². The Kier molecular flexibility index (Phi) is 3.59. The summed E-state index contributed by atoms with van der Waals surface area (Å²) in [5, 5.41) is 6.69. The maximum absolute atomic E-state index is 4.28. The lowest BCUT2D eigenvalue weighted by atomic mass is 9.93. The zero-order chi connectivity index (χ0) is 12.1. The van der Waals surface area contributed by atoms with Gasteiger partial charge in [0, 0.05) is 17.4 Å². The normalized spacial score (nSPS) is 23.3. The van der Waals surface area contributed by atoms with Crippen molar-refractivity contribution in [2.24, 2.45) is 0 Å². The van der Waals surface area contributed by atoms with E-state index < -0.39 is 0 Å². The summed E-state index contributed by atoms with van der Waals surface area (Å²) in [6, 6.07) is 5.96. The molecule has 0 aliphatic heterocycles. The van der Waals surface area contributed by atoms with Crippen LogP contribution in [0.4, 0.5) is 0 Å². The van der Waals surface area contributed by atoms with Gasteiger partial charge in [0.25, 0.3) is 0 Å². The van der Waals surface area contributed by atoms with Crippen LogP contribution in [0.5, 0.6) is 0 Å². The van der Waals surface area contributed by atoms with Gasteiger partial charge in [-0.05, 0) is 38.6 Å². The van der Waals surface area contributed by atoms with Crippen molar-refractivity contribution in [1.29, 1.82) is 0 Å². The third kappa shape index (κ3) is 3.17. The summed E-state index contributed by atoms with van der Waals surface area (Å²) in [5.41, 5.74) is 2.32. The van der Waals surface area contributed by atoms with Crippen LogP contribution in [-0.2, 0) is 6.54 Å². The number of pyridine rings is 1. The molecule has 3 nitrogen and oxygen atoms in total. The van der Waals surface area contributed by atoms with Crippen molar-refractivity contribution in [3.8, 4) is 0 Å². The number of hydrogen-bond donors (Lipinski definition) is 2. The Morgan fingerprint density at radius 3 is 2.88 bits per heavy atom. The molecule has 0 radical (unpaired) electrons. The number of aromatic nitrogens is 1. The van der Waals surface area contributed by atoms with Crippen molar-refractivity contribution in [2.45, 2.75) is 25.4 Å². The molecule has 1 atom stereocenters. The van der Waals surface area contributed by atoms with E-state index in [1.54, 1.807) is 0 Å². The van der Waals surface area contributed by atoms with Crippen LogP contribution < -0.4 is 10.6 Å². The van der Waals surface area contributed by atoms with E-state index in [0.29, 0.717) is 0 Å². The molecule has 0 amide bonds. The topological polar surface area (TPSA) is 37.0 Å². The quantitative estimate of drug-likeness (QED) is 0.829. The van der Waals surface area contributed by atoms with Crippen LogP contribution in [0.2, 0.25) is 0 Å². The number of nitrogens with zero attached hydrogens (tertiary/aromatic N) is 1. The van der Waals surface area contributed by atoms with Gasteiger partial charge in [-0.2, -0.15) is 0 Å². The monoisotopic (exact) mass is 229 g/mol. The minimum Gasteiger partial charge on any atom is -0.380 e. The largest absolute Gasteiger partial charge is 0.380 e. The van der Waals surface area contributed by atoms with Gasteiger partial charge in [0.15, 0.2) is 0 Å². The maximum atomic E-state index is 4.28. The lowest BCUT2D eigenvalue weighted by Gasteiger charge is -2.27. The lowest BCUT2D eigenvalue weighted by molar-refractivity contribution is 0.477. The molecule has 1 unspecified atom stereocenters. The number of likely N-dealkylation sites (N-methyl/N-ethyl adjacent to an activating group) is 1. The standard InChI is InChI=1S/C14H19N3/c1-14(15-2)8-6-12(7-9-14)17-11-13-5-3-4-10-16-13/h3-8,10,15,17H,9,11H2,1-2H3. The van der Waals surface area contributed by atoms with Crippen molar-refractivity contribution in [2.75, 3.05) is 7.05 Å². The minimum atomic E-state index is 0.0934. The Morgan fingerprint density at radius 2 is 2.29 bits per heavy atom. The lowest BCUT2D eigenvalue weighted by Crippen LogP contribution is -2.38. The summed E-state index contributed by atoms with van der Waals surface area (Å²) in [7, 11) is 1.99. The summed E-state index contributed by atoms with van der Waals surface area (Å²) in [6.07, 6.45) is 9.38. The second-order valence-electron chi connectivity index (χ2n) is 4.54. The van der Waals surface area contributed by atoms with Gasteiger partial charge < -0.3 is 10.6 Å². The molecule has 1 aromatic heterocycles. The number of rotatable bonds is 4. The van der Waals surface area contributed by atoms with E-state index in [1.807, 2.05) is 31.4 Å². The molecule has 1 heterocycles. The molecule has 2 rings (SSSR count). The molecular formula is C14H19N3. The number of hydrogen-bond acceptors (Lipinski definition) is 3. The first-order valence-electron chi connectivity index (χ1n) is 5.94. The fourth-order valence-electron chi connectivity index (χ4n) is 1.74. The van der Waals surface area contributed by atoms with Gasteiger partial charge in [-0.3, -0.25) is 4.98 Å². The van der Waals surface area contributed by atoms with Gasteiger partial charge in [-0.15, -0.1) is 0 Å². The average Bonchev–Trinajstić information content (AvgIpc) is 2.39. The molecule has 90 valence electrons. The molecule has 1 aliphatic rings. The van der Waals surface area contributed by atoms with Crippen LogP contribution in [0.15, 0.2) is 48.3 Å². The van der Waals surface area contributed by atoms with E-state index >= 15 is 0 Å². The molecule has 17 heavy (non-hydrogen) atoms. The molecule has 0 saturated carbocycles. The van der Waals surface area contributed by atoms with Gasteiger partial charge in [0.05, 0.1) is 12.2 Å². The van der Waals surface area contributed by atoms with E-state index in [-0.39, 0.29) is 5.54 Å². The van der Waals surface area contributed by atoms with Crippen molar-refractivity contribution >= 4 is 0 Å². The summed E-state index contributed by atoms with van der Waals surface area (Å²) in [4.78, 5) is 4.28. The van der Waals surface area contributed by atoms with Gasteiger partial charge >= 0.3 is 0 Å². The van der Waals surface area contributed by atoms with Crippen LogP contribution in [0.1, 0.15) is 19.0 Å². The minimum absolute atomic E-state index is 0.0934. The van der Waals surface area contributed by atoms with Gasteiger partial charge in [0.2, 0.25) is 0 Å². The number of allylic oxidation sites excluding steroid dienone is 1. The molecule has 0 aromatic carbocycles. The summed E-state index contributed by atoms with van der Waals surface area (Å²) < 4.78 is 0. The smallest absolute Gasteiger partial charge is 0.0594 e.